The Labute approximate surface area is 102 Å². The largest absolute Gasteiger partial charge is 0.508 e. The maximum Gasteiger partial charge on any atom is 0.115 e. The van der Waals surface area contributed by atoms with Crippen molar-refractivity contribution in [1.29, 1.82) is 0 Å². The topological polar surface area (TPSA) is 32.3 Å². The van der Waals surface area contributed by atoms with Gasteiger partial charge in [-0.15, -0.1) is 0 Å². The predicted molar refractivity (Wildman–Crippen MR) is 69.1 cm³/mol. The molecule has 1 aromatic rings. The summed E-state index contributed by atoms with van der Waals surface area (Å²) < 4.78 is 0. The summed E-state index contributed by atoms with van der Waals surface area (Å²) in [5.41, 5.74) is 2.71. The van der Waals surface area contributed by atoms with Gasteiger partial charge >= 0.3 is 0 Å². The Hall–Kier alpha value is -1.28. The van der Waals surface area contributed by atoms with Crippen LogP contribution in [0.15, 0.2) is 30.4 Å². The molecule has 3 rings (SSSR count). The van der Waals surface area contributed by atoms with Crippen LogP contribution in [0.3, 0.4) is 0 Å². The summed E-state index contributed by atoms with van der Waals surface area (Å²) in [4.78, 5) is 0. The van der Waals surface area contributed by atoms with Crippen LogP contribution in [-0.2, 0) is 6.42 Å². The van der Waals surface area contributed by atoms with Crippen LogP contribution in [0, 0.1) is 0 Å². The fourth-order valence-corrected chi connectivity index (χ4v) is 3.00. The summed E-state index contributed by atoms with van der Waals surface area (Å²) in [6.07, 6.45) is 10.4. The molecule has 1 unspecified atom stereocenters. The highest BCUT2D eigenvalue weighted by Gasteiger charge is 2.23. The molecule has 2 N–H and O–H groups in total. The molecule has 1 atom stereocenters. The fourth-order valence-electron chi connectivity index (χ4n) is 3.00. The van der Waals surface area contributed by atoms with Gasteiger partial charge in [0.05, 0.1) is 0 Å². The normalized spacial score (nSPS) is 23.9. The summed E-state index contributed by atoms with van der Waals surface area (Å²) in [7, 11) is 0. The molecule has 0 fully saturated rings. The first-order chi connectivity index (χ1) is 8.33. The highest BCUT2D eigenvalue weighted by Crippen LogP contribution is 2.33. The second-order valence-electron chi connectivity index (χ2n) is 5.13. The van der Waals surface area contributed by atoms with Gasteiger partial charge in [0.15, 0.2) is 0 Å². The average molecular weight is 229 g/mol. The maximum atomic E-state index is 9.63. The molecular weight excluding hydrogens is 210 g/mol. The van der Waals surface area contributed by atoms with E-state index in [1.54, 1.807) is 6.07 Å². The third-order valence-electron chi connectivity index (χ3n) is 3.89. The Bertz CT molecular complexity index is 431. The Morgan fingerprint density at radius 1 is 1.18 bits per heavy atom. The number of hydrogen-bond donors (Lipinski definition) is 2. The van der Waals surface area contributed by atoms with E-state index < -0.39 is 0 Å². The van der Waals surface area contributed by atoms with E-state index in [0.29, 0.717) is 17.8 Å². The van der Waals surface area contributed by atoms with Crippen molar-refractivity contribution in [2.24, 2.45) is 0 Å². The number of rotatable bonds is 2. The summed E-state index contributed by atoms with van der Waals surface area (Å²) in [5, 5.41) is 13.4. The third-order valence-corrected chi connectivity index (χ3v) is 3.89. The van der Waals surface area contributed by atoms with Gasteiger partial charge in [-0.2, -0.15) is 0 Å². The first-order valence-corrected chi connectivity index (χ1v) is 6.56. The molecule has 2 heteroatoms. The minimum atomic E-state index is 0.391. The van der Waals surface area contributed by atoms with Gasteiger partial charge in [-0.3, -0.25) is 0 Å². The van der Waals surface area contributed by atoms with Gasteiger partial charge in [0, 0.05) is 12.1 Å². The number of fused-ring (bicyclic) bond motifs is 1. The SMILES string of the molecule is Oc1ccc2c(c1)C(NC1CC=CC1)CCC2. The zero-order chi connectivity index (χ0) is 11.7. The lowest BCUT2D eigenvalue weighted by Gasteiger charge is -2.29. The van der Waals surface area contributed by atoms with Gasteiger partial charge < -0.3 is 10.4 Å². The number of aryl methyl sites for hydroxylation is 1. The van der Waals surface area contributed by atoms with Crippen LogP contribution in [0.25, 0.3) is 0 Å². The van der Waals surface area contributed by atoms with Crippen molar-refractivity contribution in [2.45, 2.75) is 44.2 Å². The zero-order valence-corrected chi connectivity index (χ0v) is 10.0. The van der Waals surface area contributed by atoms with E-state index in [1.165, 1.54) is 24.0 Å². The predicted octanol–water partition coefficient (Wildman–Crippen LogP) is 3.08. The first kappa shape index (κ1) is 10.8. The summed E-state index contributed by atoms with van der Waals surface area (Å²) in [5.74, 6) is 0.391. The van der Waals surface area contributed by atoms with E-state index in [0.717, 1.165) is 19.3 Å². The van der Waals surface area contributed by atoms with E-state index in [-0.39, 0.29) is 0 Å². The van der Waals surface area contributed by atoms with Crippen LogP contribution in [0.1, 0.15) is 42.9 Å². The second-order valence-corrected chi connectivity index (χ2v) is 5.13. The van der Waals surface area contributed by atoms with E-state index in [9.17, 15) is 5.11 Å². The van der Waals surface area contributed by atoms with Crippen LogP contribution in [0.5, 0.6) is 5.75 Å². The molecule has 0 bridgehead atoms. The van der Waals surface area contributed by atoms with Gasteiger partial charge in [0.2, 0.25) is 0 Å². The van der Waals surface area contributed by atoms with Crippen LogP contribution in [-0.4, -0.2) is 11.1 Å². The van der Waals surface area contributed by atoms with Gasteiger partial charge in [-0.05, 0) is 55.4 Å². The average Bonchev–Trinajstić information content (AvgIpc) is 2.83. The molecule has 0 radical (unpaired) electrons. The number of nitrogens with one attached hydrogen (secondary N) is 1. The quantitative estimate of drug-likeness (QED) is 0.764. The highest BCUT2D eigenvalue weighted by molar-refractivity contribution is 5.38. The summed E-state index contributed by atoms with van der Waals surface area (Å²) in [6, 6.07) is 6.84. The summed E-state index contributed by atoms with van der Waals surface area (Å²) in [6.45, 7) is 0. The fraction of sp³-hybridized carbons (Fsp3) is 0.467. The Morgan fingerprint density at radius 2 is 2.00 bits per heavy atom. The lowest BCUT2D eigenvalue weighted by atomic mass is 9.87. The molecule has 1 aromatic carbocycles. The van der Waals surface area contributed by atoms with Gasteiger partial charge in [0.25, 0.3) is 0 Å². The molecule has 0 aromatic heterocycles. The Kier molecular flexibility index (Phi) is 2.89. The molecule has 2 aliphatic rings. The van der Waals surface area contributed by atoms with Crippen molar-refractivity contribution in [3.05, 3.63) is 41.5 Å². The number of hydrogen-bond acceptors (Lipinski definition) is 2. The van der Waals surface area contributed by atoms with Gasteiger partial charge in [-0.1, -0.05) is 18.2 Å². The Balaban J connectivity index is 1.80. The molecule has 0 aliphatic heterocycles. The second kappa shape index (κ2) is 4.53. The Morgan fingerprint density at radius 3 is 2.82 bits per heavy atom. The standard InChI is InChI=1S/C15H19NO/c17-13-9-8-11-4-3-7-15(14(11)10-13)16-12-5-1-2-6-12/h1-2,8-10,12,15-17H,3-7H2. The molecule has 2 aliphatic carbocycles. The van der Waals surface area contributed by atoms with E-state index in [2.05, 4.69) is 23.5 Å². The van der Waals surface area contributed by atoms with Gasteiger partial charge in [0.1, 0.15) is 5.75 Å². The molecule has 2 nitrogen and oxygen atoms in total. The monoisotopic (exact) mass is 229 g/mol. The lowest BCUT2D eigenvalue weighted by molar-refractivity contribution is 0.399. The number of phenols is 1. The smallest absolute Gasteiger partial charge is 0.115 e. The minimum absolute atomic E-state index is 0.391. The van der Waals surface area contributed by atoms with Crippen molar-refractivity contribution < 1.29 is 5.11 Å². The lowest BCUT2D eigenvalue weighted by Crippen LogP contribution is -2.33. The molecule has 90 valence electrons. The molecule has 0 saturated carbocycles. The van der Waals surface area contributed by atoms with Crippen LogP contribution in [0.2, 0.25) is 0 Å². The van der Waals surface area contributed by atoms with Crippen molar-refractivity contribution in [3.63, 3.8) is 0 Å². The van der Waals surface area contributed by atoms with Crippen LogP contribution < -0.4 is 5.32 Å². The number of aromatic hydroxyl groups is 1. The zero-order valence-electron chi connectivity index (χ0n) is 10.0. The molecule has 0 amide bonds. The molecule has 0 heterocycles. The molecule has 0 saturated heterocycles. The first-order valence-electron chi connectivity index (χ1n) is 6.56. The molecule has 17 heavy (non-hydrogen) atoms. The van der Waals surface area contributed by atoms with E-state index in [1.807, 2.05) is 6.07 Å². The van der Waals surface area contributed by atoms with Crippen molar-refractivity contribution >= 4 is 0 Å². The van der Waals surface area contributed by atoms with Crippen molar-refractivity contribution in [1.82, 2.24) is 5.32 Å². The van der Waals surface area contributed by atoms with Crippen molar-refractivity contribution in [3.8, 4) is 5.75 Å². The minimum Gasteiger partial charge on any atom is -0.508 e. The number of benzene rings is 1. The third kappa shape index (κ3) is 2.22. The van der Waals surface area contributed by atoms with Crippen molar-refractivity contribution in [2.75, 3.05) is 0 Å². The van der Waals surface area contributed by atoms with Crippen LogP contribution in [0.4, 0.5) is 0 Å². The highest BCUT2D eigenvalue weighted by atomic mass is 16.3. The summed E-state index contributed by atoms with van der Waals surface area (Å²) >= 11 is 0. The molecular formula is C15H19NO. The van der Waals surface area contributed by atoms with E-state index in [4.69, 9.17) is 0 Å². The van der Waals surface area contributed by atoms with Crippen LogP contribution >= 0.6 is 0 Å². The molecule has 0 spiro atoms. The number of phenolic OH excluding ortho intramolecular Hbond substituents is 1. The maximum absolute atomic E-state index is 9.63. The van der Waals surface area contributed by atoms with Gasteiger partial charge in [-0.25, -0.2) is 0 Å². The van der Waals surface area contributed by atoms with E-state index >= 15 is 0 Å².